The van der Waals surface area contributed by atoms with Gasteiger partial charge in [0.2, 0.25) is 0 Å². The van der Waals surface area contributed by atoms with E-state index in [4.69, 9.17) is 4.74 Å². The fourth-order valence-corrected chi connectivity index (χ4v) is 0.980. The summed E-state index contributed by atoms with van der Waals surface area (Å²) in [6.45, 7) is 1.80. The summed E-state index contributed by atoms with van der Waals surface area (Å²) in [6.07, 6.45) is 0. The maximum Gasteiger partial charge on any atom is 0.165 e. The third-order valence-electron chi connectivity index (χ3n) is 1.47. The molecule has 1 aromatic rings. The molecule has 0 atom stereocenters. The second kappa shape index (κ2) is 3.13. The lowest BCUT2D eigenvalue weighted by atomic mass is 10.2. The van der Waals surface area contributed by atoms with Gasteiger partial charge in [0.15, 0.2) is 11.6 Å². The Morgan fingerprint density at radius 3 is 2.64 bits per heavy atom. The second-order valence-electron chi connectivity index (χ2n) is 2.27. The fraction of sp³-hybridized carbons (Fsp3) is 0.250. The van der Waals surface area contributed by atoms with Crippen LogP contribution in [0.3, 0.4) is 0 Å². The van der Waals surface area contributed by atoms with E-state index in [2.05, 4.69) is 12.6 Å². The van der Waals surface area contributed by atoms with Crippen LogP contribution in [0.4, 0.5) is 4.39 Å². The van der Waals surface area contributed by atoms with Crippen LogP contribution >= 0.6 is 12.6 Å². The predicted octanol–water partition coefficient (Wildman–Crippen LogP) is 2.43. The molecule has 0 spiro atoms. The lowest BCUT2D eigenvalue weighted by Crippen LogP contribution is -1.89. The smallest absolute Gasteiger partial charge is 0.165 e. The minimum atomic E-state index is -0.345. The molecule has 1 nitrogen and oxygen atoms in total. The molecular weight excluding hydrogens is 163 g/mol. The van der Waals surface area contributed by atoms with Crippen LogP contribution in [-0.4, -0.2) is 7.11 Å². The number of aryl methyl sites for hydroxylation is 1. The molecule has 0 aliphatic carbocycles. The van der Waals surface area contributed by atoms with Gasteiger partial charge in [-0.1, -0.05) is 0 Å². The van der Waals surface area contributed by atoms with E-state index in [9.17, 15) is 4.39 Å². The summed E-state index contributed by atoms with van der Waals surface area (Å²) >= 11 is 4.12. The Hall–Kier alpha value is -0.700. The van der Waals surface area contributed by atoms with Crippen molar-refractivity contribution in [1.82, 2.24) is 0 Å². The largest absolute Gasteiger partial charge is 0.494 e. The van der Waals surface area contributed by atoms with Crippen LogP contribution in [0.15, 0.2) is 17.0 Å². The highest BCUT2D eigenvalue weighted by Gasteiger charge is 2.03. The first kappa shape index (κ1) is 8.40. The number of rotatable bonds is 1. The van der Waals surface area contributed by atoms with Crippen molar-refractivity contribution < 1.29 is 9.13 Å². The highest BCUT2D eigenvalue weighted by molar-refractivity contribution is 7.80. The van der Waals surface area contributed by atoms with Gasteiger partial charge < -0.3 is 4.74 Å². The number of halogens is 1. The molecule has 0 aliphatic heterocycles. The number of hydrogen-bond donors (Lipinski definition) is 1. The Bertz CT molecular complexity index is 273. The number of ether oxygens (including phenoxy) is 1. The standard InChI is InChI=1S/C8H9FOS/c1-5-3-6(9)7(10-2)4-8(5)11/h3-4,11H,1-2H3. The zero-order valence-corrected chi connectivity index (χ0v) is 7.28. The quantitative estimate of drug-likeness (QED) is 0.640. The van der Waals surface area contributed by atoms with Crippen LogP contribution in [0.25, 0.3) is 0 Å². The van der Waals surface area contributed by atoms with Crippen molar-refractivity contribution in [2.24, 2.45) is 0 Å². The van der Waals surface area contributed by atoms with Crippen molar-refractivity contribution in [2.45, 2.75) is 11.8 Å². The van der Waals surface area contributed by atoms with Crippen molar-refractivity contribution in [3.63, 3.8) is 0 Å². The summed E-state index contributed by atoms with van der Waals surface area (Å²) in [4.78, 5) is 0.739. The number of hydrogen-bond acceptors (Lipinski definition) is 2. The number of methoxy groups -OCH3 is 1. The first-order chi connectivity index (χ1) is 5.15. The van der Waals surface area contributed by atoms with Crippen LogP contribution in [0.2, 0.25) is 0 Å². The molecule has 0 amide bonds. The van der Waals surface area contributed by atoms with Crippen molar-refractivity contribution >= 4 is 12.6 Å². The Labute approximate surface area is 70.6 Å². The first-order valence-corrected chi connectivity index (χ1v) is 3.63. The van der Waals surface area contributed by atoms with Gasteiger partial charge >= 0.3 is 0 Å². The minimum Gasteiger partial charge on any atom is -0.494 e. The molecule has 0 bridgehead atoms. The van der Waals surface area contributed by atoms with Gasteiger partial charge in [-0.05, 0) is 24.6 Å². The summed E-state index contributed by atoms with van der Waals surface area (Å²) in [6, 6.07) is 2.97. The van der Waals surface area contributed by atoms with E-state index in [1.807, 2.05) is 0 Å². The van der Waals surface area contributed by atoms with Crippen molar-refractivity contribution in [2.75, 3.05) is 7.11 Å². The number of thiol groups is 1. The van der Waals surface area contributed by atoms with E-state index in [0.29, 0.717) is 0 Å². The molecule has 1 rings (SSSR count). The molecular formula is C8H9FOS. The fourth-order valence-electron chi connectivity index (χ4n) is 0.799. The van der Waals surface area contributed by atoms with Crippen LogP contribution in [0.1, 0.15) is 5.56 Å². The predicted molar refractivity (Wildman–Crippen MR) is 44.9 cm³/mol. The van der Waals surface area contributed by atoms with Crippen molar-refractivity contribution in [1.29, 1.82) is 0 Å². The molecule has 0 radical (unpaired) electrons. The van der Waals surface area contributed by atoms with Gasteiger partial charge in [0, 0.05) is 4.90 Å². The van der Waals surface area contributed by atoms with Crippen molar-refractivity contribution in [3.05, 3.63) is 23.5 Å². The summed E-state index contributed by atoms with van der Waals surface area (Å²) < 4.78 is 17.6. The average molecular weight is 172 g/mol. The summed E-state index contributed by atoms with van der Waals surface area (Å²) in [7, 11) is 1.43. The van der Waals surface area contributed by atoms with E-state index < -0.39 is 0 Å². The molecule has 11 heavy (non-hydrogen) atoms. The molecule has 0 aromatic heterocycles. The minimum absolute atomic E-state index is 0.237. The van der Waals surface area contributed by atoms with Gasteiger partial charge in [0.05, 0.1) is 7.11 Å². The Morgan fingerprint density at radius 2 is 2.09 bits per heavy atom. The third kappa shape index (κ3) is 1.66. The van der Waals surface area contributed by atoms with Gasteiger partial charge in [-0.3, -0.25) is 0 Å². The van der Waals surface area contributed by atoms with Crippen LogP contribution in [0.5, 0.6) is 5.75 Å². The van der Waals surface area contributed by atoms with Crippen LogP contribution in [0, 0.1) is 12.7 Å². The molecule has 0 unspecified atom stereocenters. The normalized spacial score (nSPS) is 9.82. The topological polar surface area (TPSA) is 9.23 Å². The summed E-state index contributed by atoms with van der Waals surface area (Å²) in [5, 5.41) is 0. The average Bonchev–Trinajstić information content (AvgIpc) is 1.97. The molecule has 0 saturated heterocycles. The van der Waals surface area contributed by atoms with E-state index >= 15 is 0 Å². The molecule has 60 valence electrons. The maximum atomic E-state index is 12.9. The van der Waals surface area contributed by atoms with Crippen molar-refractivity contribution in [3.8, 4) is 5.75 Å². The highest BCUT2D eigenvalue weighted by atomic mass is 32.1. The van der Waals surface area contributed by atoms with E-state index in [1.165, 1.54) is 13.2 Å². The maximum absolute atomic E-state index is 12.9. The van der Waals surface area contributed by atoms with Gasteiger partial charge in [-0.15, -0.1) is 12.6 Å². The van der Waals surface area contributed by atoms with Gasteiger partial charge in [0.1, 0.15) is 0 Å². The Balaban J connectivity index is 3.21. The van der Waals surface area contributed by atoms with Gasteiger partial charge in [0.25, 0.3) is 0 Å². The SMILES string of the molecule is COc1cc(S)c(C)cc1F. The molecule has 0 N–H and O–H groups in total. The molecule has 0 heterocycles. The lowest BCUT2D eigenvalue weighted by Gasteiger charge is -2.04. The molecule has 0 aliphatic rings. The zero-order chi connectivity index (χ0) is 8.43. The second-order valence-corrected chi connectivity index (χ2v) is 2.76. The van der Waals surface area contributed by atoms with E-state index in [-0.39, 0.29) is 11.6 Å². The molecule has 0 fully saturated rings. The van der Waals surface area contributed by atoms with Gasteiger partial charge in [-0.2, -0.15) is 0 Å². The Kier molecular flexibility index (Phi) is 2.39. The molecule has 0 saturated carbocycles. The highest BCUT2D eigenvalue weighted by Crippen LogP contribution is 2.23. The van der Waals surface area contributed by atoms with Crippen LogP contribution < -0.4 is 4.74 Å². The summed E-state index contributed by atoms with van der Waals surface area (Å²) in [5.74, 6) is -0.108. The first-order valence-electron chi connectivity index (χ1n) is 3.18. The van der Waals surface area contributed by atoms with E-state index in [0.717, 1.165) is 10.5 Å². The molecule has 1 aromatic carbocycles. The third-order valence-corrected chi connectivity index (χ3v) is 1.95. The lowest BCUT2D eigenvalue weighted by molar-refractivity contribution is 0.385. The molecule has 3 heteroatoms. The van der Waals surface area contributed by atoms with Gasteiger partial charge in [-0.25, -0.2) is 4.39 Å². The number of benzene rings is 1. The van der Waals surface area contributed by atoms with E-state index in [1.54, 1.807) is 13.0 Å². The summed E-state index contributed by atoms with van der Waals surface area (Å²) in [5.41, 5.74) is 0.812. The zero-order valence-electron chi connectivity index (χ0n) is 6.39. The Morgan fingerprint density at radius 1 is 1.45 bits per heavy atom. The monoisotopic (exact) mass is 172 g/mol. The van der Waals surface area contributed by atoms with Crippen LogP contribution in [-0.2, 0) is 0 Å².